The van der Waals surface area contributed by atoms with Gasteiger partial charge in [-0.1, -0.05) is 6.07 Å². The lowest BCUT2D eigenvalue weighted by atomic mass is 10.2. The Morgan fingerprint density at radius 2 is 2.19 bits per heavy atom. The highest BCUT2D eigenvalue weighted by Gasteiger charge is 2.05. The van der Waals surface area contributed by atoms with E-state index in [0.29, 0.717) is 23.5 Å². The van der Waals surface area contributed by atoms with E-state index in [9.17, 15) is 4.39 Å². The normalized spacial score (nSPS) is 10.0. The van der Waals surface area contributed by atoms with E-state index < -0.39 is 0 Å². The van der Waals surface area contributed by atoms with Crippen LogP contribution < -0.4 is 5.73 Å². The van der Waals surface area contributed by atoms with Crippen LogP contribution in [0.2, 0.25) is 0 Å². The number of halogens is 1. The molecule has 0 radical (unpaired) electrons. The first-order valence-electron chi connectivity index (χ1n) is 4.80. The van der Waals surface area contributed by atoms with Crippen LogP contribution in [0.4, 0.5) is 10.1 Å². The molecule has 2 aromatic rings. The van der Waals surface area contributed by atoms with Crippen molar-refractivity contribution in [2.24, 2.45) is 0 Å². The molecule has 0 unspecified atom stereocenters. The first-order valence-corrected chi connectivity index (χ1v) is 4.80. The van der Waals surface area contributed by atoms with Crippen LogP contribution in [0, 0.1) is 17.1 Å². The molecule has 80 valence electrons. The topological polar surface area (TPSA) is 54.7 Å². The van der Waals surface area contributed by atoms with Crippen molar-refractivity contribution in [1.29, 1.82) is 5.26 Å². The van der Waals surface area contributed by atoms with Gasteiger partial charge in [0, 0.05) is 17.4 Å². The first kappa shape index (κ1) is 10.2. The molecule has 0 aliphatic carbocycles. The molecule has 2 N–H and O–H groups in total. The van der Waals surface area contributed by atoms with Crippen LogP contribution in [0.3, 0.4) is 0 Å². The molecule has 1 aromatic carbocycles. The van der Waals surface area contributed by atoms with E-state index >= 15 is 0 Å². The number of benzene rings is 1. The summed E-state index contributed by atoms with van der Waals surface area (Å²) < 4.78 is 15.2. The molecule has 0 saturated heterocycles. The fraction of sp³-hybridized carbons (Fsp3) is 0.0833. The van der Waals surface area contributed by atoms with E-state index in [1.165, 1.54) is 6.07 Å². The zero-order valence-electron chi connectivity index (χ0n) is 8.52. The summed E-state index contributed by atoms with van der Waals surface area (Å²) in [6.07, 6.45) is 1.74. The molecule has 4 heteroatoms. The molecule has 0 spiro atoms. The van der Waals surface area contributed by atoms with Gasteiger partial charge in [-0.25, -0.2) is 4.39 Å². The second kappa shape index (κ2) is 4.07. The molecule has 2 rings (SSSR count). The second-order valence-electron chi connectivity index (χ2n) is 3.48. The molecule has 3 nitrogen and oxygen atoms in total. The summed E-state index contributed by atoms with van der Waals surface area (Å²) in [5, 5.41) is 8.81. The standard InChI is InChI=1S/C12H10FN3/c13-12-6-10(15)4-3-9(12)8-16-5-1-2-11(16)7-14/h1-6H,8,15H2. The van der Waals surface area contributed by atoms with Gasteiger partial charge in [-0.3, -0.25) is 0 Å². The Bertz CT molecular complexity index is 552. The molecule has 0 fully saturated rings. The van der Waals surface area contributed by atoms with Crippen molar-refractivity contribution in [2.75, 3.05) is 5.73 Å². The third-order valence-electron chi connectivity index (χ3n) is 2.36. The van der Waals surface area contributed by atoms with Crippen molar-refractivity contribution >= 4 is 5.69 Å². The van der Waals surface area contributed by atoms with Crippen LogP contribution in [-0.4, -0.2) is 4.57 Å². The maximum Gasteiger partial charge on any atom is 0.130 e. The van der Waals surface area contributed by atoms with Crippen molar-refractivity contribution in [1.82, 2.24) is 4.57 Å². The van der Waals surface area contributed by atoms with Gasteiger partial charge in [0.15, 0.2) is 0 Å². The summed E-state index contributed by atoms with van der Waals surface area (Å²) >= 11 is 0. The van der Waals surface area contributed by atoms with Crippen LogP contribution in [-0.2, 0) is 6.54 Å². The highest BCUT2D eigenvalue weighted by Crippen LogP contribution is 2.14. The van der Waals surface area contributed by atoms with Crippen LogP contribution in [0.1, 0.15) is 11.3 Å². The quantitative estimate of drug-likeness (QED) is 0.780. The minimum atomic E-state index is -0.349. The third-order valence-corrected chi connectivity index (χ3v) is 2.36. The molecule has 16 heavy (non-hydrogen) atoms. The summed E-state index contributed by atoms with van der Waals surface area (Å²) in [7, 11) is 0. The van der Waals surface area contributed by atoms with Crippen molar-refractivity contribution in [3.8, 4) is 6.07 Å². The molecular formula is C12H10FN3. The molecule has 1 heterocycles. The van der Waals surface area contributed by atoms with Crippen molar-refractivity contribution in [3.63, 3.8) is 0 Å². The largest absolute Gasteiger partial charge is 0.399 e. The van der Waals surface area contributed by atoms with Crippen LogP contribution in [0.25, 0.3) is 0 Å². The van der Waals surface area contributed by atoms with Gasteiger partial charge in [-0.15, -0.1) is 0 Å². The lowest BCUT2D eigenvalue weighted by Gasteiger charge is -2.06. The summed E-state index contributed by atoms with van der Waals surface area (Å²) in [6.45, 7) is 0.335. The van der Waals surface area contributed by atoms with Gasteiger partial charge in [0.25, 0.3) is 0 Å². The minimum Gasteiger partial charge on any atom is -0.399 e. The maximum atomic E-state index is 13.5. The Morgan fingerprint density at radius 3 is 2.88 bits per heavy atom. The van der Waals surface area contributed by atoms with E-state index in [0.717, 1.165) is 0 Å². The number of anilines is 1. The van der Waals surface area contributed by atoms with Crippen molar-refractivity contribution in [3.05, 3.63) is 53.6 Å². The van der Waals surface area contributed by atoms with Crippen LogP contribution in [0.5, 0.6) is 0 Å². The number of rotatable bonds is 2. The van der Waals surface area contributed by atoms with Gasteiger partial charge in [0.1, 0.15) is 17.6 Å². The second-order valence-corrected chi connectivity index (χ2v) is 3.48. The Balaban J connectivity index is 2.31. The smallest absolute Gasteiger partial charge is 0.130 e. The molecule has 0 saturated carbocycles. The Hall–Kier alpha value is -2.28. The molecule has 0 amide bonds. The van der Waals surface area contributed by atoms with Crippen molar-refractivity contribution < 1.29 is 4.39 Å². The van der Waals surface area contributed by atoms with Crippen LogP contribution >= 0.6 is 0 Å². The lowest BCUT2D eigenvalue weighted by Crippen LogP contribution is -2.03. The van der Waals surface area contributed by atoms with Gasteiger partial charge in [0.2, 0.25) is 0 Å². The predicted octanol–water partition coefficient (Wildman–Crippen LogP) is 2.13. The van der Waals surface area contributed by atoms with E-state index in [1.807, 2.05) is 6.07 Å². The Morgan fingerprint density at radius 1 is 1.38 bits per heavy atom. The third kappa shape index (κ3) is 1.89. The van der Waals surface area contributed by atoms with Gasteiger partial charge < -0.3 is 10.3 Å². The van der Waals surface area contributed by atoms with Crippen molar-refractivity contribution in [2.45, 2.75) is 6.54 Å². The number of nitrogens with zero attached hydrogens (tertiary/aromatic N) is 2. The molecule has 0 aliphatic heterocycles. The summed E-state index contributed by atoms with van der Waals surface area (Å²) in [5.41, 5.74) is 6.88. The highest BCUT2D eigenvalue weighted by atomic mass is 19.1. The van der Waals surface area contributed by atoms with Gasteiger partial charge in [-0.2, -0.15) is 5.26 Å². The highest BCUT2D eigenvalue weighted by molar-refractivity contribution is 5.40. The lowest BCUT2D eigenvalue weighted by molar-refractivity contribution is 0.600. The zero-order chi connectivity index (χ0) is 11.5. The number of hydrogen-bond donors (Lipinski definition) is 1. The van der Waals surface area contributed by atoms with E-state index in [1.54, 1.807) is 35.0 Å². The van der Waals surface area contributed by atoms with E-state index in [-0.39, 0.29) is 5.82 Å². The zero-order valence-corrected chi connectivity index (χ0v) is 8.52. The molecule has 0 atom stereocenters. The number of nitrogens with two attached hydrogens (primary N) is 1. The summed E-state index contributed by atoms with van der Waals surface area (Å²) in [6, 6.07) is 10.1. The summed E-state index contributed by atoms with van der Waals surface area (Å²) in [5.74, 6) is -0.349. The molecular weight excluding hydrogens is 205 g/mol. The Labute approximate surface area is 92.5 Å². The monoisotopic (exact) mass is 215 g/mol. The van der Waals surface area contributed by atoms with E-state index in [4.69, 9.17) is 11.0 Å². The Kier molecular flexibility index (Phi) is 2.61. The average molecular weight is 215 g/mol. The molecule has 0 bridgehead atoms. The van der Waals surface area contributed by atoms with Gasteiger partial charge >= 0.3 is 0 Å². The predicted molar refractivity (Wildman–Crippen MR) is 59.1 cm³/mol. The van der Waals surface area contributed by atoms with Gasteiger partial charge in [-0.05, 0) is 24.3 Å². The number of aromatic nitrogens is 1. The maximum absolute atomic E-state index is 13.5. The van der Waals surface area contributed by atoms with Gasteiger partial charge in [0.05, 0.1) is 6.54 Å². The molecule has 1 aromatic heterocycles. The fourth-order valence-electron chi connectivity index (χ4n) is 1.53. The SMILES string of the molecule is N#Cc1cccn1Cc1ccc(N)cc1F. The van der Waals surface area contributed by atoms with E-state index in [2.05, 4.69) is 0 Å². The first-order chi connectivity index (χ1) is 7.70. The number of nitriles is 1. The van der Waals surface area contributed by atoms with Crippen LogP contribution in [0.15, 0.2) is 36.5 Å². The number of hydrogen-bond acceptors (Lipinski definition) is 2. The molecule has 0 aliphatic rings. The average Bonchev–Trinajstić information content (AvgIpc) is 2.69. The number of nitrogen functional groups attached to an aromatic ring is 1. The fourth-order valence-corrected chi connectivity index (χ4v) is 1.53. The summed E-state index contributed by atoms with van der Waals surface area (Å²) in [4.78, 5) is 0. The minimum absolute atomic E-state index is 0.335.